The van der Waals surface area contributed by atoms with Gasteiger partial charge in [0.05, 0.1) is 29.8 Å². The van der Waals surface area contributed by atoms with Gasteiger partial charge < -0.3 is 14.9 Å². The molecule has 0 aromatic heterocycles. The average molecular weight is 489 g/mol. The first kappa shape index (κ1) is 26.2. The van der Waals surface area contributed by atoms with Crippen molar-refractivity contribution in [2.24, 2.45) is 22.2 Å². The summed E-state index contributed by atoms with van der Waals surface area (Å²) in [4.78, 5) is 29.9. The number of hydrogen-bond acceptors (Lipinski definition) is 5. The van der Waals surface area contributed by atoms with Gasteiger partial charge in [-0.1, -0.05) is 55.8 Å². The molecule has 2 N–H and O–H groups in total. The number of carboxylic acids is 2. The van der Waals surface area contributed by atoms with Gasteiger partial charge in [0.2, 0.25) is 0 Å². The van der Waals surface area contributed by atoms with E-state index < -0.39 is 35.2 Å². The minimum atomic E-state index is -1.56. The normalized spacial score (nSPS) is 27.6. The van der Waals surface area contributed by atoms with Gasteiger partial charge in [-0.05, 0) is 43.4 Å². The summed E-state index contributed by atoms with van der Waals surface area (Å²) in [6.07, 6.45) is 7.08. The van der Waals surface area contributed by atoms with Crippen molar-refractivity contribution in [3.05, 3.63) is 34.9 Å². The topological polar surface area (TPSA) is 120 Å². The lowest BCUT2D eigenvalue weighted by Crippen LogP contribution is -2.55. The van der Waals surface area contributed by atoms with Gasteiger partial charge in [-0.15, -0.1) is 0 Å². The molecule has 2 aliphatic rings. The number of halogens is 1. The van der Waals surface area contributed by atoms with Crippen molar-refractivity contribution >= 4 is 29.3 Å². The SMILES string of the molecule is CC1N=C(COCCC2CCCCC2)C(C(=O)O)C(c2cccc(Cl)c2)C1(CCC#N)C(=O)O. The molecule has 1 saturated carbocycles. The van der Waals surface area contributed by atoms with Crippen molar-refractivity contribution in [3.8, 4) is 6.07 Å². The largest absolute Gasteiger partial charge is 0.481 e. The van der Waals surface area contributed by atoms with Gasteiger partial charge in [0, 0.05) is 24.0 Å². The lowest BCUT2D eigenvalue weighted by Gasteiger charge is -2.46. The molecule has 184 valence electrons. The summed E-state index contributed by atoms with van der Waals surface area (Å²) in [6, 6.07) is 7.94. The number of carbonyl (C=O) groups is 2. The van der Waals surface area contributed by atoms with Crippen LogP contribution in [0.15, 0.2) is 29.3 Å². The van der Waals surface area contributed by atoms with Crippen molar-refractivity contribution in [1.29, 1.82) is 5.26 Å². The van der Waals surface area contributed by atoms with E-state index in [0.717, 1.165) is 6.42 Å². The average Bonchev–Trinajstić information content (AvgIpc) is 2.81. The zero-order valence-electron chi connectivity index (χ0n) is 19.6. The molecule has 4 unspecified atom stereocenters. The van der Waals surface area contributed by atoms with E-state index >= 15 is 0 Å². The van der Waals surface area contributed by atoms with E-state index in [1.165, 1.54) is 32.1 Å². The number of rotatable bonds is 10. The third-order valence-electron chi connectivity index (χ3n) is 7.52. The molecule has 1 aliphatic carbocycles. The monoisotopic (exact) mass is 488 g/mol. The Hall–Kier alpha value is -2.43. The van der Waals surface area contributed by atoms with Gasteiger partial charge >= 0.3 is 11.9 Å². The van der Waals surface area contributed by atoms with Gasteiger partial charge in [-0.2, -0.15) is 5.26 Å². The fourth-order valence-corrected chi connectivity index (χ4v) is 5.94. The molecule has 0 amide bonds. The first-order valence-corrected chi connectivity index (χ1v) is 12.4. The van der Waals surface area contributed by atoms with E-state index in [1.807, 2.05) is 6.07 Å². The van der Waals surface area contributed by atoms with Gasteiger partial charge in [0.25, 0.3) is 0 Å². The van der Waals surface area contributed by atoms with Crippen LogP contribution in [-0.4, -0.2) is 47.1 Å². The Morgan fingerprint density at radius 2 is 2.00 bits per heavy atom. The number of benzene rings is 1. The van der Waals surface area contributed by atoms with E-state index in [2.05, 4.69) is 4.99 Å². The Morgan fingerprint density at radius 3 is 2.62 bits per heavy atom. The van der Waals surface area contributed by atoms with Crippen LogP contribution in [0.5, 0.6) is 0 Å². The maximum atomic E-state index is 12.7. The van der Waals surface area contributed by atoms with Crippen LogP contribution in [0.1, 0.15) is 69.8 Å². The zero-order chi connectivity index (χ0) is 24.7. The molecule has 4 atom stereocenters. The van der Waals surface area contributed by atoms with Crippen LogP contribution >= 0.6 is 11.6 Å². The van der Waals surface area contributed by atoms with Crippen molar-refractivity contribution < 1.29 is 24.5 Å². The number of aliphatic imine (C=N–C) groups is 1. The van der Waals surface area contributed by atoms with Gasteiger partial charge in [-0.25, -0.2) is 0 Å². The number of carboxylic acid groups (broad SMARTS) is 2. The van der Waals surface area contributed by atoms with Crippen LogP contribution in [0.2, 0.25) is 5.02 Å². The van der Waals surface area contributed by atoms with E-state index in [-0.39, 0.29) is 19.4 Å². The zero-order valence-corrected chi connectivity index (χ0v) is 20.3. The van der Waals surface area contributed by atoms with Gasteiger partial charge in [0.1, 0.15) is 5.92 Å². The summed E-state index contributed by atoms with van der Waals surface area (Å²) >= 11 is 6.22. The van der Waals surface area contributed by atoms with Crippen molar-refractivity contribution in [3.63, 3.8) is 0 Å². The van der Waals surface area contributed by atoms with Crippen molar-refractivity contribution in [2.45, 2.75) is 70.3 Å². The highest BCUT2D eigenvalue weighted by atomic mass is 35.5. The molecular weight excluding hydrogens is 456 g/mol. The van der Waals surface area contributed by atoms with Crippen molar-refractivity contribution in [2.75, 3.05) is 13.2 Å². The van der Waals surface area contributed by atoms with E-state index in [1.54, 1.807) is 31.2 Å². The van der Waals surface area contributed by atoms with E-state index in [4.69, 9.17) is 16.3 Å². The molecule has 1 aromatic rings. The van der Waals surface area contributed by atoms with Crippen LogP contribution in [0.25, 0.3) is 0 Å². The lowest BCUT2D eigenvalue weighted by atomic mass is 9.58. The van der Waals surface area contributed by atoms with Crippen LogP contribution in [0.3, 0.4) is 0 Å². The summed E-state index contributed by atoms with van der Waals surface area (Å²) in [5, 5.41) is 30.3. The molecule has 0 spiro atoms. The molecule has 34 heavy (non-hydrogen) atoms. The van der Waals surface area contributed by atoms with E-state index in [9.17, 15) is 25.1 Å². The molecule has 0 radical (unpaired) electrons. The standard InChI is InChI=1S/C26H33ClN2O5/c1-17-26(25(32)33,12-6-13-28)23(19-9-5-10-20(27)15-19)22(24(30)31)21(29-17)16-34-14-11-18-7-3-2-4-8-18/h5,9-10,15,17-18,22-23H,2-4,6-8,11-12,14,16H2,1H3,(H,30,31)(H,32,33). The molecule has 7 nitrogen and oxygen atoms in total. The second-order valence-electron chi connectivity index (χ2n) is 9.49. The smallest absolute Gasteiger partial charge is 0.312 e. The second-order valence-corrected chi connectivity index (χ2v) is 9.93. The number of nitriles is 1. The molecular formula is C26H33ClN2O5. The Kier molecular flexibility index (Phi) is 9.10. The third-order valence-corrected chi connectivity index (χ3v) is 7.75. The second kappa shape index (κ2) is 11.8. The Balaban J connectivity index is 1.94. The number of hydrogen-bond donors (Lipinski definition) is 2. The lowest BCUT2D eigenvalue weighted by molar-refractivity contribution is -0.156. The fraction of sp³-hybridized carbons (Fsp3) is 0.615. The Morgan fingerprint density at radius 1 is 1.26 bits per heavy atom. The maximum absolute atomic E-state index is 12.7. The first-order valence-electron chi connectivity index (χ1n) is 12.0. The van der Waals surface area contributed by atoms with Crippen LogP contribution in [-0.2, 0) is 14.3 Å². The van der Waals surface area contributed by atoms with Crippen LogP contribution in [0, 0.1) is 28.6 Å². The summed E-state index contributed by atoms with van der Waals surface area (Å²) in [6.45, 7) is 2.24. The highest BCUT2D eigenvalue weighted by molar-refractivity contribution is 6.30. The fourth-order valence-electron chi connectivity index (χ4n) is 5.74. The highest BCUT2D eigenvalue weighted by Gasteiger charge is 2.58. The molecule has 1 aliphatic heterocycles. The van der Waals surface area contributed by atoms with Crippen LogP contribution in [0.4, 0.5) is 0 Å². The Labute approximate surface area is 205 Å². The molecule has 1 aromatic carbocycles. The molecule has 1 fully saturated rings. The Bertz CT molecular complexity index is 953. The number of ether oxygens (including phenoxy) is 1. The molecule has 1 heterocycles. The first-order chi connectivity index (χ1) is 16.3. The molecule has 8 heteroatoms. The predicted octanol–water partition coefficient (Wildman–Crippen LogP) is 5.33. The predicted molar refractivity (Wildman–Crippen MR) is 129 cm³/mol. The molecule has 0 saturated heterocycles. The summed E-state index contributed by atoms with van der Waals surface area (Å²) < 4.78 is 5.90. The minimum absolute atomic E-state index is 0.0136. The summed E-state index contributed by atoms with van der Waals surface area (Å²) in [5.74, 6) is -3.82. The highest BCUT2D eigenvalue weighted by Crippen LogP contribution is 2.52. The maximum Gasteiger partial charge on any atom is 0.312 e. The summed E-state index contributed by atoms with van der Waals surface area (Å²) in [7, 11) is 0. The van der Waals surface area contributed by atoms with E-state index in [0.29, 0.717) is 28.8 Å². The van der Waals surface area contributed by atoms with Crippen LogP contribution < -0.4 is 0 Å². The molecule has 3 rings (SSSR count). The number of aliphatic carboxylic acids is 2. The number of nitrogens with zero attached hydrogens (tertiary/aromatic N) is 2. The summed E-state index contributed by atoms with van der Waals surface area (Å²) in [5.41, 5.74) is -0.709. The molecule has 0 bridgehead atoms. The van der Waals surface area contributed by atoms with Crippen molar-refractivity contribution in [1.82, 2.24) is 0 Å². The minimum Gasteiger partial charge on any atom is -0.481 e. The van der Waals surface area contributed by atoms with Gasteiger partial charge in [0.15, 0.2) is 0 Å². The van der Waals surface area contributed by atoms with Gasteiger partial charge in [-0.3, -0.25) is 14.6 Å². The quantitative estimate of drug-likeness (QED) is 0.429. The third kappa shape index (κ3) is 5.61.